The molecule has 0 saturated heterocycles. The first-order chi connectivity index (χ1) is 18.0. The van der Waals surface area contributed by atoms with Gasteiger partial charge in [0.1, 0.15) is 15.7 Å². The summed E-state index contributed by atoms with van der Waals surface area (Å²) in [5.74, 6) is -0.647. The summed E-state index contributed by atoms with van der Waals surface area (Å²) in [7, 11) is -3.17. The average molecular weight is 531 g/mol. The summed E-state index contributed by atoms with van der Waals surface area (Å²) >= 11 is 0. The van der Waals surface area contributed by atoms with Crippen LogP contribution in [0.2, 0.25) is 0 Å². The number of aryl methyl sites for hydroxylation is 1. The molecule has 0 N–H and O–H groups in total. The van der Waals surface area contributed by atoms with Gasteiger partial charge in [0.2, 0.25) is 5.70 Å². The Bertz CT molecular complexity index is 1640. The molecule has 0 fully saturated rings. The maximum absolute atomic E-state index is 15.1. The lowest BCUT2D eigenvalue weighted by Crippen LogP contribution is -2.46. The number of ketones is 1. The Kier molecular flexibility index (Phi) is 6.48. The Morgan fingerprint density at radius 3 is 2.68 bits per heavy atom. The van der Waals surface area contributed by atoms with Gasteiger partial charge in [-0.3, -0.25) is 4.98 Å². The number of nitrogens with zero attached hydrogens (tertiary/aromatic N) is 4. The van der Waals surface area contributed by atoms with Crippen LogP contribution in [0.1, 0.15) is 37.2 Å². The molecule has 1 aromatic carbocycles. The van der Waals surface area contributed by atoms with E-state index in [2.05, 4.69) is 9.83 Å². The zero-order valence-electron chi connectivity index (χ0n) is 21.4. The maximum atomic E-state index is 15.1. The van der Waals surface area contributed by atoms with Crippen LogP contribution in [0.4, 0.5) is 4.39 Å². The van der Waals surface area contributed by atoms with E-state index in [1.807, 2.05) is 13.8 Å². The van der Waals surface area contributed by atoms with E-state index >= 15 is 4.39 Å². The molecule has 0 spiro atoms. The first-order valence-corrected chi connectivity index (χ1v) is 14.5. The molecule has 9 heteroatoms. The van der Waals surface area contributed by atoms with Crippen LogP contribution in [0.5, 0.6) is 0 Å². The fraction of sp³-hybridized carbons (Fsp3) is 0.345. The van der Waals surface area contributed by atoms with Crippen molar-refractivity contribution < 1.29 is 17.6 Å². The first kappa shape index (κ1) is 25.9. The summed E-state index contributed by atoms with van der Waals surface area (Å²) < 4.78 is 38.5. The van der Waals surface area contributed by atoms with E-state index in [1.54, 1.807) is 42.6 Å². The number of Topliss-reactive ketones (excluding diaryl/α,β-unsaturated/α-hetero) is 1. The number of pyridine rings is 1. The molecule has 7 nitrogen and oxygen atoms in total. The van der Waals surface area contributed by atoms with Crippen LogP contribution in [-0.4, -0.2) is 41.2 Å². The van der Waals surface area contributed by atoms with Gasteiger partial charge in [-0.15, -0.1) is 0 Å². The van der Waals surface area contributed by atoms with E-state index in [1.165, 1.54) is 12.3 Å². The number of halogens is 1. The Morgan fingerprint density at radius 2 is 1.97 bits per heavy atom. The second-order valence-corrected chi connectivity index (χ2v) is 12.6. The zero-order chi connectivity index (χ0) is 27.2. The van der Waals surface area contributed by atoms with Gasteiger partial charge in [0.15, 0.2) is 11.6 Å². The standard InChI is InChI=1S/C29H27FN4O3S/c1-17-22-10-9-21-25(20-7-5-6-8-23(20)30)33-28(18-11-13-32-19(15-18)12-14-38(4,36)37)34-27(21)29(22,2)16-24(31-3)26(17)35/h5-8,11,13,15-17,22H,9-10,12,14H2,1-2,4H3/t17-,22-,29-/m1/s1. The molecule has 2 aromatic heterocycles. The van der Waals surface area contributed by atoms with Crippen molar-refractivity contribution in [3.8, 4) is 22.6 Å². The van der Waals surface area contributed by atoms with Gasteiger partial charge in [0.25, 0.3) is 0 Å². The second-order valence-electron chi connectivity index (χ2n) is 10.3. The molecule has 2 heterocycles. The zero-order valence-corrected chi connectivity index (χ0v) is 22.2. The van der Waals surface area contributed by atoms with Crippen molar-refractivity contribution in [2.45, 2.75) is 38.5 Å². The molecule has 2 aliphatic rings. The van der Waals surface area contributed by atoms with Crippen LogP contribution >= 0.6 is 0 Å². The normalized spacial score (nSPS) is 22.7. The molecular formula is C29H27FN4O3S. The number of sulfone groups is 1. The van der Waals surface area contributed by atoms with Crippen LogP contribution in [-0.2, 0) is 32.9 Å². The summed E-state index contributed by atoms with van der Waals surface area (Å²) in [6.07, 6.45) is 6.01. The minimum absolute atomic E-state index is 0.0369. The quantitative estimate of drug-likeness (QED) is 0.441. The molecule has 0 bridgehead atoms. The second kappa shape index (κ2) is 9.52. The molecule has 0 amide bonds. The number of benzene rings is 1. The highest BCUT2D eigenvalue weighted by Crippen LogP contribution is 2.51. The van der Waals surface area contributed by atoms with Crippen molar-refractivity contribution in [2.75, 3.05) is 12.0 Å². The molecule has 38 heavy (non-hydrogen) atoms. The van der Waals surface area contributed by atoms with Crippen LogP contribution in [0.25, 0.3) is 27.5 Å². The predicted molar refractivity (Wildman–Crippen MR) is 142 cm³/mol. The fourth-order valence-electron chi connectivity index (χ4n) is 5.79. The third kappa shape index (κ3) is 4.54. The van der Waals surface area contributed by atoms with Crippen molar-refractivity contribution in [1.29, 1.82) is 0 Å². The molecule has 0 saturated carbocycles. The van der Waals surface area contributed by atoms with Gasteiger partial charge in [-0.05, 0) is 43.0 Å². The van der Waals surface area contributed by atoms with Crippen LogP contribution in [0.15, 0.2) is 54.4 Å². The van der Waals surface area contributed by atoms with Crippen molar-refractivity contribution in [1.82, 2.24) is 15.0 Å². The largest absolute Gasteiger partial charge is 0.308 e. The van der Waals surface area contributed by atoms with E-state index in [0.29, 0.717) is 46.9 Å². The highest BCUT2D eigenvalue weighted by atomic mass is 32.2. The van der Waals surface area contributed by atoms with Gasteiger partial charge in [0, 0.05) is 52.6 Å². The smallest absolute Gasteiger partial charge is 0.226 e. The molecule has 0 radical (unpaired) electrons. The lowest BCUT2D eigenvalue weighted by molar-refractivity contribution is -0.121. The number of hydrogen-bond acceptors (Lipinski definition) is 6. The number of carbonyl (C=O) groups excluding carboxylic acids is 1. The highest BCUT2D eigenvalue weighted by molar-refractivity contribution is 7.90. The molecule has 3 atom stereocenters. The summed E-state index contributed by atoms with van der Waals surface area (Å²) in [6.45, 7) is 11.4. The molecule has 194 valence electrons. The molecule has 0 aliphatic heterocycles. The Hall–Kier alpha value is -3.77. The van der Waals surface area contributed by atoms with Gasteiger partial charge in [-0.25, -0.2) is 27.6 Å². The maximum Gasteiger partial charge on any atom is 0.226 e. The average Bonchev–Trinajstić information content (AvgIpc) is 2.89. The lowest BCUT2D eigenvalue weighted by Gasteiger charge is -2.46. The first-order valence-electron chi connectivity index (χ1n) is 12.5. The number of hydrogen-bond donors (Lipinski definition) is 0. The molecule has 0 unspecified atom stereocenters. The van der Waals surface area contributed by atoms with Crippen molar-refractivity contribution >= 4 is 15.6 Å². The van der Waals surface area contributed by atoms with Crippen molar-refractivity contribution in [2.24, 2.45) is 11.8 Å². The molecular weight excluding hydrogens is 503 g/mol. The fourth-order valence-corrected chi connectivity index (χ4v) is 6.37. The molecule has 2 aliphatic carbocycles. The third-order valence-electron chi connectivity index (χ3n) is 7.75. The Balaban J connectivity index is 1.74. The van der Waals surface area contributed by atoms with E-state index in [4.69, 9.17) is 16.5 Å². The number of aromatic nitrogens is 3. The summed E-state index contributed by atoms with van der Waals surface area (Å²) in [6, 6.07) is 9.97. The van der Waals surface area contributed by atoms with Crippen LogP contribution < -0.4 is 0 Å². The Morgan fingerprint density at radius 1 is 1.21 bits per heavy atom. The monoisotopic (exact) mass is 530 g/mol. The van der Waals surface area contributed by atoms with Crippen LogP contribution in [0, 0.1) is 24.2 Å². The minimum Gasteiger partial charge on any atom is -0.308 e. The van der Waals surface area contributed by atoms with Gasteiger partial charge in [-0.2, -0.15) is 0 Å². The van der Waals surface area contributed by atoms with Gasteiger partial charge in [0.05, 0.1) is 23.7 Å². The number of allylic oxidation sites excluding steroid dienone is 2. The third-order valence-corrected chi connectivity index (χ3v) is 8.70. The number of rotatable bonds is 5. The SMILES string of the molecule is [C-]#[N+]C1=C[C@@]2(C)c3nc(-c4ccnc(CCS(C)(=O)=O)c4)nc(-c4ccccc4F)c3CC[C@@H]2[C@@H](C)C1=O. The Labute approximate surface area is 221 Å². The van der Waals surface area contributed by atoms with Crippen molar-refractivity contribution in [3.05, 3.63) is 88.6 Å². The summed E-state index contributed by atoms with van der Waals surface area (Å²) in [5.41, 5.74) is 2.93. The molecule has 5 rings (SSSR count). The minimum atomic E-state index is -3.17. The van der Waals surface area contributed by atoms with Gasteiger partial charge < -0.3 is 4.79 Å². The lowest BCUT2D eigenvalue weighted by atomic mass is 9.58. The number of fused-ring (bicyclic) bond motifs is 3. The van der Waals surface area contributed by atoms with Gasteiger partial charge in [-0.1, -0.05) is 32.1 Å². The topological polar surface area (TPSA) is 94.2 Å². The summed E-state index contributed by atoms with van der Waals surface area (Å²) in [5, 5.41) is 0. The van der Waals surface area contributed by atoms with Crippen LogP contribution in [0.3, 0.4) is 0 Å². The van der Waals surface area contributed by atoms with Crippen molar-refractivity contribution in [3.63, 3.8) is 0 Å². The predicted octanol–water partition coefficient (Wildman–Crippen LogP) is 4.77. The molecule has 3 aromatic rings. The summed E-state index contributed by atoms with van der Waals surface area (Å²) in [4.78, 5) is 30.5. The van der Waals surface area contributed by atoms with E-state index in [9.17, 15) is 13.2 Å². The van der Waals surface area contributed by atoms with E-state index < -0.39 is 21.1 Å². The van der Waals surface area contributed by atoms with Gasteiger partial charge >= 0.3 is 0 Å². The van der Waals surface area contributed by atoms with E-state index in [-0.39, 0.29) is 35.5 Å². The van der Waals surface area contributed by atoms with E-state index in [0.717, 1.165) is 5.56 Å². The highest BCUT2D eigenvalue weighted by Gasteiger charge is 2.49. The number of carbonyl (C=O) groups is 1.